The number of nitrogens with zero attached hydrogens (tertiary/aromatic N) is 3. The van der Waals surface area contributed by atoms with Crippen LogP contribution in [0.4, 0.5) is 10.2 Å². The van der Waals surface area contributed by atoms with E-state index in [-0.39, 0.29) is 23.5 Å². The fraction of sp³-hybridized carbons (Fsp3) is 0.400. The number of aromatic nitrogens is 3. The van der Waals surface area contributed by atoms with E-state index >= 15 is 0 Å². The van der Waals surface area contributed by atoms with E-state index in [2.05, 4.69) is 20.3 Å². The van der Waals surface area contributed by atoms with Crippen molar-refractivity contribution in [3.63, 3.8) is 0 Å². The molecule has 1 saturated heterocycles. The molecule has 3 rings (SSSR count). The molecule has 0 aromatic carbocycles. The van der Waals surface area contributed by atoms with E-state index in [9.17, 15) is 9.18 Å². The summed E-state index contributed by atoms with van der Waals surface area (Å²) in [6.07, 6.45) is 2.16. The minimum Gasteiger partial charge on any atom is -0.395 e. The molecule has 1 aliphatic heterocycles. The fourth-order valence-corrected chi connectivity index (χ4v) is 2.94. The predicted octanol–water partition coefficient (Wildman–Crippen LogP) is 0.785. The Labute approximate surface area is 142 Å². The Morgan fingerprint density at radius 1 is 1.54 bits per heavy atom. The number of aliphatic hydroxyl groups is 1. The Morgan fingerprint density at radius 3 is 3.12 bits per heavy atom. The van der Waals surface area contributed by atoms with Gasteiger partial charge < -0.3 is 20.3 Å². The molecule has 7 nitrogen and oxygen atoms in total. The smallest absolute Gasteiger partial charge is 0.272 e. The fourth-order valence-electron chi connectivity index (χ4n) is 2.73. The largest absolute Gasteiger partial charge is 0.395 e. The number of rotatable bonds is 5. The van der Waals surface area contributed by atoms with Crippen LogP contribution in [0.1, 0.15) is 6.42 Å². The summed E-state index contributed by atoms with van der Waals surface area (Å²) in [7, 11) is 0. The Kier molecular flexibility index (Phi) is 5.08. The van der Waals surface area contributed by atoms with E-state index in [1.165, 1.54) is 12.3 Å². The molecule has 2 aromatic heterocycles. The lowest BCUT2D eigenvalue weighted by molar-refractivity contribution is 0.286. The average molecular weight is 354 g/mol. The van der Waals surface area contributed by atoms with Gasteiger partial charge >= 0.3 is 0 Å². The molecule has 128 valence electrons. The predicted molar refractivity (Wildman–Crippen MR) is 88.8 cm³/mol. The van der Waals surface area contributed by atoms with Crippen LogP contribution in [0.25, 0.3) is 11.4 Å². The summed E-state index contributed by atoms with van der Waals surface area (Å²) in [5.41, 5.74) is -0.0488. The van der Waals surface area contributed by atoms with Crippen LogP contribution < -0.4 is 15.8 Å². The molecule has 0 bridgehead atoms. The van der Waals surface area contributed by atoms with Gasteiger partial charge in [0, 0.05) is 43.5 Å². The van der Waals surface area contributed by atoms with Gasteiger partial charge in [0.05, 0.1) is 6.61 Å². The zero-order valence-electron chi connectivity index (χ0n) is 12.8. The van der Waals surface area contributed by atoms with Crippen molar-refractivity contribution in [1.82, 2.24) is 20.3 Å². The zero-order chi connectivity index (χ0) is 17.1. The molecule has 1 atom stereocenters. The minimum absolute atomic E-state index is 0.0103. The maximum absolute atomic E-state index is 13.3. The number of hydrogen-bond acceptors (Lipinski definition) is 6. The van der Waals surface area contributed by atoms with E-state index in [1.54, 1.807) is 6.07 Å². The van der Waals surface area contributed by atoms with Gasteiger partial charge in [-0.1, -0.05) is 11.6 Å². The first kappa shape index (κ1) is 16.8. The van der Waals surface area contributed by atoms with E-state index in [0.717, 1.165) is 6.42 Å². The Balaban J connectivity index is 1.90. The number of pyridine rings is 1. The normalized spacial score (nSPS) is 17.5. The monoisotopic (exact) mass is 353 g/mol. The molecule has 2 aromatic rings. The lowest BCUT2D eigenvalue weighted by Gasteiger charge is -2.19. The van der Waals surface area contributed by atoms with Crippen molar-refractivity contribution in [2.24, 2.45) is 0 Å². The summed E-state index contributed by atoms with van der Waals surface area (Å²) in [6.45, 7) is 1.89. The van der Waals surface area contributed by atoms with Crippen LogP contribution in [0.3, 0.4) is 0 Å². The molecule has 3 N–H and O–H groups in total. The number of aliphatic hydroxyl groups excluding tert-OH is 1. The van der Waals surface area contributed by atoms with E-state index in [0.29, 0.717) is 31.0 Å². The highest BCUT2D eigenvalue weighted by molar-refractivity contribution is 6.32. The Hall–Kier alpha value is -2.03. The van der Waals surface area contributed by atoms with Crippen LogP contribution in [0.5, 0.6) is 0 Å². The first-order chi connectivity index (χ1) is 11.6. The lowest BCUT2D eigenvalue weighted by atomic mass is 10.2. The maximum atomic E-state index is 13.3. The van der Waals surface area contributed by atoms with Crippen LogP contribution in [-0.4, -0.2) is 52.3 Å². The second-order valence-corrected chi connectivity index (χ2v) is 5.91. The summed E-state index contributed by atoms with van der Waals surface area (Å²) in [6, 6.07) is 2.95. The first-order valence-electron chi connectivity index (χ1n) is 7.59. The molecule has 0 spiro atoms. The van der Waals surface area contributed by atoms with Gasteiger partial charge in [0.2, 0.25) is 5.95 Å². The van der Waals surface area contributed by atoms with Crippen molar-refractivity contribution in [3.05, 3.63) is 39.7 Å². The van der Waals surface area contributed by atoms with E-state index in [4.69, 9.17) is 16.7 Å². The standard InChI is InChI=1S/C15H17ClFN5O2/c16-12-14(22-5-2-10(8-22)18-4-6-23)20-13(21-15(12)24)9-1-3-19-11(17)7-9/h1,3,7,10,18,23H,2,4-6,8H2,(H,20,21,24). The van der Waals surface area contributed by atoms with Gasteiger partial charge in [0.25, 0.3) is 5.56 Å². The molecule has 1 fully saturated rings. The molecule has 0 saturated carbocycles. The van der Waals surface area contributed by atoms with Crippen molar-refractivity contribution in [2.45, 2.75) is 12.5 Å². The van der Waals surface area contributed by atoms with Crippen molar-refractivity contribution in [1.29, 1.82) is 0 Å². The minimum atomic E-state index is -0.652. The third-order valence-electron chi connectivity index (χ3n) is 3.88. The summed E-state index contributed by atoms with van der Waals surface area (Å²) in [5.74, 6) is -0.0329. The van der Waals surface area contributed by atoms with Gasteiger partial charge in [0.1, 0.15) is 10.8 Å². The van der Waals surface area contributed by atoms with Crippen LogP contribution >= 0.6 is 11.6 Å². The van der Waals surface area contributed by atoms with E-state index < -0.39 is 11.5 Å². The van der Waals surface area contributed by atoms with Crippen molar-refractivity contribution in [3.8, 4) is 11.4 Å². The highest BCUT2D eigenvalue weighted by Gasteiger charge is 2.26. The number of hydrogen-bond donors (Lipinski definition) is 3. The van der Waals surface area contributed by atoms with Gasteiger partial charge in [-0.25, -0.2) is 9.97 Å². The SMILES string of the molecule is O=c1[nH]c(-c2ccnc(F)c2)nc(N2CCC(NCCO)C2)c1Cl. The summed E-state index contributed by atoms with van der Waals surface area (Å²) in [5, 5.41) is 12.1. The van der Waals surface area contributed by atoms with Crippen LogP contribution in [-0.2, 0) is 0 Å². The molecule has 1 unspecified atom stereocenters. The molecule has 0 radical (unpaired) electrons. The Bertz CT molecular complexity index is 785. The molecule has 1 aliphatic rings. The van der Waals surface area contributed by atoms with Gasteiger partial charge in [-0.3, -0.25) is 4.79 Å². The number of aromatic amines is 1. The van der Waals surface area contributed by atoms with Gasteiger partial charge in [-0.2, -0.15) is 4.39 Å². The molecule has 3 heterocycles. The highest BCUT2D eigenvalue weighted by Crippen LogP contribution is 2.26. The van der Waals surface area contributed by atoms with Crippen molar-refractivity contribution >= 4 is 17.4 Å². The summed E-state index contributed by atoms with van der Waals surface area (Å²) in [4.78, 5) is 24.5. The number of anilines is 1. The second kappa shape index (κ2) is 7.25. The highest BCUT2D eigenvalue weighted by atomic mass is 35.5. The zero-order valence-corrected chi connectivity index (χ0v) is 13.6. The third-order valence-corrected chi connectivity index (χ3v) is 4.22. The second-order valence-electron chi connectivity index (χ2n) is 5.53. The Morgan fingerprint density at radius 2 is 2.38 bits per heavy atom. The van der Waals surface area contributed by atoms with Crippen LogP contribution in [0, 0.1) is 5.95 Å². The number of halogens is 2. The molecular formula is C15H17ClFN5O2. The quantitative estimate of drug-likeness (QED) is 0.688. The maximum Gasteiger partial charge on any atom is 0.272 e. The molecule has 9 heteroatoms. The molecule has 24 heavy (non-hydrogen) atoms. The van der Waals surface area contributed by atoms with Crippen LogP contribution in [0.15, 0.2) is 23.1 Å². The number of nitrogens with one attached hydrogen (secondary N) is 2. The van der Waals surface area contributed by atoms with Crippen molar-refractivity contribution in [2.75, 3.05) is 31.1 Å². The summed E-state index contributed by atoms with van der Waals surface area (Å²) < 4.78 is 13.3. The lowest BCUT2D eigenvalue weighted by Crippen LogP contribution is -2.35. The van der Waals surface area contributed by atoms with E-state index in [1.807, 2.05) is 4.90 Å². The van der Waals surface area contributed by atoms with Crippen molar-refractivity contribution < 1.29 is 9.50 Å². The van der Waals surface area contributed by atoms with Crippen LogP contribution in [0.2, 0.25) is 5.02 Å². The van der Waals surface area contributed by atoms with Gasteiger partial charge in [-0.05, 0) is 12.5 Å². The number of H-pyrrole nitrogens is 1. The molecule has 0 aliphatic carbocycles. The third kappa shape index (κ3) is 3.55. The van der Waals surface area contributed by atoms with Gasteiger partial charge in [0.15, 0.2) is 5.82 Å². The average Bonchev–Trinajstić information content (AvgIpc) is 3.04. The topological polar surface area (TPSA) is 94.1 Å². The molecule has 0 amide bonds. The molecular weight excluding hydrogens is 337 g/mol. The first-order valence-corrected chi connectivity index (χ1v) is 7.97. The van der Waals surface area contributed by atoms with Gasteiger partial charge in [-0.15, -0.1) is 0 Å². The summed E-state index contributed by atoms with van der Waals surface area (Å²) >= 11 is 6.12.